The molecule has 0 fully saturated rings. The summed E-state index contributed by atoms with van der Waals surface area (Å²) in [6.07, 6.45) is -2.59. The smallest absolute Gasteiger partial charge is 0.325 e. The average molecular weight is 283 g/mol. The van der Waals surface area contributed by atoms with Crippen LogP contribution in [0.4, 0.5) is 24.8 Å². The summed E-state index contributed by atoms with van der Waals surface area (Å²) >= 11 is 0. The number of anilines is 2. The fourth-order valence-corrected chi connectivity index (χ4v) is 1.96. The molecule has 1 heterocycles. The van der Waals surface area contributed by atoms with E-state index in [0.717, 1.165) is 11.8 Å². The van der Waals surface area contributed by atoms with Crippen molar-refractivity contribution in [3.8, 4) is 0 Å². The van der Waals surface area contributed by atoms with Crippen LogP contribution < -0.4 is 5.32 Å². The van der Waals surface area contributed by atoms with Gasteiger partial charge in [0.2, 0.25) is 5.95 Å². The molecule has 108 valence electrons. The molecule has 0 amide bonds. The highest BCUT2D eigenvalue weighted by atomic mass is 19.4. The average Bonchev–Trinajstić information content (AvgIpc) is 2.70. The van der Waals surface area contributed by atoms with Gasteiger partial charge >= 0.3 is 6.18 Å². The van der Waals surface area contributed by atoms with Crippen molar-refractivity contribution in [1.82, 2.24) is 9.55 Å². The molecule has 6 heteroatoms. The van der Waals surface area contributed by atoms with Gasteiger partial charge in [0.25, 0.3) is 0 Å². The van der Waals surface area contributed by atoms with E-state index in [4.69, 9.17) is 0 Å². The van der Waals surface area contributed by atoms with E-state index in [-0.39, 0.29) is 11.7 Å². The molecule has 0 bridgehead atoms. The summed E-state index contributed by atoms with van der Waals surface area (Å²) in [5, 5.41) is 2.78. The molecule has 1 aromatic heterocycles. The summed E-state index contributed by atoms with van der Waals surface area (Å²) in [6.45, 7) is 5.70. The molecule has 0 aliphatic heterocycles. The van der Waals surface area contributed by atoms with Crippen molar-refractivity contribution in [2.24, 2.45) is 0 Å². The highest BCUT2D eigenvalue weighted by Crippen LogP contribution is 2.35. The monoisotopic (exact) mass is 283 g/mol. The summed E-state index contributed by atoms with van der Waals surface area (Å²) in [7, 11) is 0. The first-order valence-electron chi connectivity index (χ1n) is 6.27. The van der Waals surface area contributed by atoms with Crippen molar-refractivity contribution in [1.29, 1.82) is 0 Å². The number of imidazole rings is 1. The fraction of sp³-hybridized carbons (Fsp3) is 0.357. The molecule has 0 saturated heterocycles. The summed E-state index contributed by atoms with van der Waals surface area (Å²) < 4.78 is 40.7. The van der Waals surface area contributed by atoms with Crippen LogP contribution in [0.1, 0.15) is 31.1 Å². The third kappa shape index (κ3) is 2.95. The number of hydrogen-bond donors (Lipinski definition) is 1. The number of benzene rings is 1. The van der Waals surface area contributed by atoms with Crippen LogP contribution >= 0.6 is 0 Å². The number of hydrogen-bond acceptors (Lipinski definition) is 2. The quantitative estimate of drug-likeness (QED) is 0.896. The minimum Gasteiger partial charge on any atom is -0.325 e. The van der Waals surface area contributed by atoms with Gasteiger partial charge in [-0.05, 0) is 32.9 Å². The van der Waals surface area contributed by atoms with Crippen molar-refractivity contribution >= 4 is 11.6 Å². The molecule has 1 aromatic carbocycles. The maximum Gasteiger partial charge on any atom is 0.418 e. The van der Waals surface area contributed by atoms with Crippen LogP contribution in [-0.2, 0) is 6.18 Å². The molecule has 20 heavy (non-hydrogen) atoms. The Morgan fingerprint density at radius 3 is 2.45 bits per heavy atom. The largest absolute Gasteiger partial charge is 0.418 e. The summed E-state index contributed by atoms with van der Waals surface area (Å²) in [6, 6.07) is 5.49. The van der Waals surface area contributed by atoms with Gasteiger partial charge in [0.05, 0.1) is 16.9 Å². The molecule has 2 rings (SSSR count). The Labute approximate surface area is 115 Å². The Kier molecular flexibility index (Phi) is 3.74. The van der Waals surface area contributed by atoms with Gasteiger partial charge in [0, 0.05) is 12.2 Å². The van der Waals surface area contributed by atoms with Crippen LogP contribution in [0.25, 0.3) is 0 Å². The molecule has 0 saturated carbocycles. The SMILES string of the molecule is Cc1cn(C(C)C)c(Nc2ccccc2C(F)(F)F)n1. The number of nitrogens with one attached hydrogen (secondary N) is 1. The lowest BCUT2D eigenvalue weighted by Gasteiger charge is -2.16. The zero-order valence-electron chi connectivity index (χ0n) is 11.5. The molecule has 0 radical (unpaired) electrons. The van der Waals surface area contributed by atoms with Crippen LogP contribution in [0, 0.1) is 6.92 Å². The highest BCUT2D eigenvalue weighted by Gasteiger charge is 2.33. The van der Waals surface area contributed by atoms with E-state index in [1.165, 1.54) is 12.1 Å². The molecule has 0 spiro atoms. The molecule has 0 atom stereocenters. The molecule has 0 aliphatic carbocycles. The standard InChI is InChI=1S/C14H16F3N3/c1-9(2)20-8-10(3)18-13(20)19-12-7-5-4-6-11(12)14(15,16)17/h4-9H,1-3H3,(H,18,19). The topological polar surface area (TPSA) is 29.9 Å². The first-order chi connectivity index (χ1) is 9.29. The number of para-hydroxylation sites is 1. The normalized spacial score (nSPS) is 11.9. The van der Waals surface area contributed by atoms with Gasteiger partial charge < -0.3 is 9.88 Å². The highest BCUT2D eigenvalue weighted by molar-refractivity contribution is 5.60. The summed E-state index contributed by atoms with van der Waals surface area (Å²) in [5.74, 6) is 0.411. The van der Waals surface area contributed by atoms with E-state index in [9.17, 15) is 13.2 Å². The van der Waals surface area contributed by atoms with Crippen molar-refractivity contribution < 1.29 is 13.2 Å². The number of halogens is 3. The molecule has 3 nitrogen and oxygen atoms in total. The van der Waals surface area contributed by atoms with E-state index in [1.54, 1.807) is 13.0 Å². The molecule has 1 N–H and O–H groups in total. The maximum atomic E-state index is 12.9. The van der Waals surface area contributed by atoms with E-state index in [1.807, 2.05) is 24.6 Å². The van der Waals surface area contributed by atoms with Crippen LogP contribution in [0.3, 0.4) is 0 Å². The number of nitrogens with zero attached hydrogens (tertiary/aromatic N) is 2. The third-order valence-electron chi connectivity index (χ3n) is 2.89. The Balaban J connectivity index is 2.41. The van der Waals surface area contributed by atoms with E-state index < -0.39 is 11.7 Å². The fourth-order valence-electron chi connectivity index (χ4n) is 1.96. The molecule has 0 unspecified atom stereocenters. The van der Waals surface area contributed by atoms with Crippen molar-refractivity contribution in [3.63, 3.8) is 0 Å². The predicted molar refractivity (Wildman–Crippen MR) is 72.1 cm³/mol. The van der Waals surface area contributed by atoms with Crippen LogP contribution in [0.5, 0.6) is 0 Å². The van der Waals surface area contributed by atoms with Crippen LogP contribution in [0.15, 0.2) is 30.5 Å². The summed E-state index contributed by atoms with van der Waals surface area (Å²) in [4.78, 5) is 4.23. The molecular formula is C14H16F3N3. The van der Waals surface area contributed by atoms with Crippen LogP contribution in [0.2, 0.25) is 0 Å². The van der Waals surface area contributed by atoms with Gasteiger partial charge in [-0.1, -0.05) is 12.1 Å². The summed E-state index contributed by atoms with van der Waals surface area (Å²) in [5.41, 5.74) is 0.0640. The number of aryl methyl sites for hydroxylation is 1. The van der Waals surface area contributed by atoms with Crippen molar-refractivity contribution in [3.05, 3.63) is 41.7 Å². The minimum atomic E-state index is -4.39. The van der Waals surface area contributed by atoms with Crippen molar-refractivity contribution in [2.75, 3.05) is 5.32 Å². The van der Waals surface area contributed by atoms with E-state index >= 15 is 0 Å². The molecule has 2 aromatic rings. The van der Waals surface area contributed by atoms with Crippen molar-refractivity contribution in [2.45, 2.75) is 33.0 Å². The van der Waals surface area contributed by atoms with Gasteiger partial charge in [-0.15, -0.1) is 0 Å². The maximum absolute atomic E-state index is 12.9. The number of aromatic nitrogens is 2. The second kappa shape index (κ2) is 5.19. The van der Waals surface area contributed by atoms with Gasteiger partial charge in [0.15, 0.2) is 0 Å². The van der Waals surface area contributed by atoms with Gasteiger partial charge in [-0.3, -0.25) is 0 Å². The van der Waals surface area contributed by atoms with E-state index in [0.29, 0.717) is 5.95 Å². The first kappa shape index (κ1) is 14.4. The Morgan fingerprint density at radius 2 is 1.85 bits per heavy atom. The Morgan fingerprint density at radius 1 is 1.20 bits per heavy atom. The zero-order chi connectivity index (χ0) is 14.9. The van der Waals surface area contributed by atoms with Gasteiger partial charge in [-0.25, -0.2) is 4.98 Å². The predicted octanol–water partition coefficient (Wildman–Crippen LogP) is 4.53. The lowest BCUT2D eigenvalue weighted by Crippen LogP contribution is -2.11. The van der Waals surface area contributed by atoms with Crippen LogP contribution in [-0.4, -0.2) is 9.55 Å². The second-order valence-corrected chi connectivity index (χ2v) is 4.88. The lowest BCUT2D eigenvalue weighted by molar-refractivity contribution is -0.136. The zero-order valence-corrected chi connectivity index (χ0v) is 11.5. The molecular weight excluding hydrogens is 267 g/mol. The Hall–Kier alpha value is -1.98. The first-order valence-corrected chi connectivity index (χ1v) is 6.27. The third-order valence-corrected chi connectivity index (χ3v) is 2.89. The number of rotatable bonds is 3. The lowest BCUT2D eigenvalue weighted by atomic mass is 10.1. The molecule has 0 aliphatic rings. The minimum absolute atomic E-state index is 0.00694. The second-order valence-electron chi connectivity index (χ2n) is 4.88. The van der Waals surface area contributed by atoms with Gasteiger partial charge in [0.1, 0.15) is 0 Å². The van der Waals surface area contributed by atoms with Gasteiger partial charge in [-0.2, -0.15) is 13.2 Å². The Bertz CT molecular complexity index is 600. The van der Waals surface area contributed by atoms with E-state index in [2.05, 4.69) is 10.3 Å². The number of alkyl halides is 3.